The van der Waals surface area contributed by atoms with Crippen molar-refractivity contribution in [1.29, 1.82) is 0 Å². The second-order valence-corrected chi connectivity index (χ2v) is 7.22. The van der Waals surface area contributed by atoms with Gasteiger partial charge in [0.1, 0.15) is 4.33 Å². The first-order chi connectivity index (χ1) is 8.54. The number of hydrogen-bond donors (Lipinski definition) is 0. The van der Waals surface area contributed by atoms with E-state index in [2.05, 4.69) is 20.8 Å². The fourth-order valence-electron chi connectivity index (χ4n) is 2.30. The minimum atomic E-state index is -0.501. The highest BCUT2D eigenvalue weighted by atomic mass is 35.5. The molecule has 110 valence electrons. The van der Waals surface area contributed by atoms with Crippen LogP contribution in [0, 0.1) is 5.92 Å². The quantitative estimate of drug-likeness (QED) is 0.265. The second kappa shape index (κ2) is 11.4. The average Bonchev–Trinajstić information content (AvgIpc) is 2.33. The van der Waals surface area contributed by atoms with Gasteiger partial charge in [0.05, 0.1) is 0 Å². The highest BCUT2D eigenvalue weighted by Crippen LogP contribution is 2.38. The Labute approximate surface area is 125 Å². The van der Waals surface area contributed by atoms with E-state index in [1.165, 1.54) is 57.8 Å². The molecule has 1 unspecified atom stereocenters. The molecule has 0 N–H and O–H groups in total. The normalized spacial score (nSPS) is 13.8. The summed E-state index contributed by atoms with van der Waals surface area (Å²) in [5.41, 5.74) is 0. The molecule has 2 heteroatoms. The van der Waals surface area contributed by atoms with E-state index in [1.807, 2.05) is 0 Å². The molecular formula is C16H32Cl2. The van der Waals surface area contributed by atoms with E-state index in [0.29, 0.717) is 5.92 Å². The zero-order chi connectivity index (χ0) is 13.9. The summed E-state index contributed by atoms with van der Waals surface area (Å²) in [6.45, 7) is 6.68. The highest BCUT2D eigenvalue weighted by Gasteiger charge is 2.30. The molecule has 0 nitrogen and oxygen atoms in total. The minimum absolute atomic E-state index is 0.420. The van der Waals surface area contributed by atoms with Gasteiger partial charge >= 0.3 is 0 Å². The van der Waals surface area contributed by atoms with Crippen LogP contribution in [0.2, 0.25) is 0 Å². The van der Waals surface area contributed by atoms with Crippen molar-refractivity contribution in [1.82, 2.24) is 0 Å². The highest BCUT2D eigenvalue weighted by molar-refractivity contribution is 6.48. The molecule has 0 aliphatic rings. The Morgan fingerprint density at radius 2 is 1.28 bits per heavy atom. The second-order valence-electron chi connectivity index (χ2n) is 5.68. The van der Waals surface area contributed by atoms with Crippen molar-refractivity contribution >= 4 is 23.2 Å². The molecular weight excluding hydrogens is 263 g/mol. The minimum Gasteiger partial charge on any atom is -0.101 e. The standard InChI is InChI=1S/C16H32Cl2/c1-4-6-8-9-10-11-13-15(3)16(17,18)14-12-7-5-2/h15H,4-14H2,1-3H3. The lowest BCUT2D eigenvalue weighted by Crippen LogP contribution is -2.23. The van der Waals surface area contributed by atoms with Crippen LogP contribution in [-0.4, -0.2) is 4.33 Å². The van der Waals surface area contributed by atoms with E-state index < -0.39 is 4.33 Å². The van der Waals surface area contributed by atoms with Gasteiger partial charge in [-0.15, -0.1) is 23.2 Å². The lowest BCUT2D eigenvalue weighted by Gasteiger charge is -2.27. The summed E-state index contributed by atoms with van der Waals surface area (Å²) in [6.07, 6.45) is 13.8. The third kappa shape index (κ3) is 9.50. The lowest BCUT2D eigenvalue weighted by molar-refractivity contribution is 0.411. The number of rotatable bonds is 12. The SMILES string of the molecule is CCCCCCCCC(C)C(Cl)(Cl)CCCCC. The first-order valence-corrected chi connectivity index (χ1v) is 8.68. The Hall–Kier alpha value is 0.580. The Kier molecular flexibility index (Phi) is 11.8. The van der Waals surface area contributed by atoms with Crippen molar-refractivity contribution in [3.8, 4) is 0 Å². The van der Waals surface area contributed by atoms with Gasteiger partial charge in [0.25, 0.3) is 0 Å². The van der Waals surface area contributed by atoms with E-state index in [4.69, 9.17) is 23.2 Å². The fourth-order valence-corrected chi connectivity index (χ4v) is 2.78. The van der Waals surface area contributed by atoms with Crippen LogP contribution in [0.25, 0.3) is 0 Å². The van der Waals surface area contributed by atoms with Gasteiger partial charge in [0.2, 0.25) is 0 Å². The van der Waals surface area contributed by atoms with Crippen molar-refractivity contribution in [2.75, 3.05) is 0 Å². The Morgan fingerprint density at radius 3 is 1.89 bits per heavy atom. The van der Waals surface area contributed by atoms with Gasteiger partial charge in [-0.1, -0.05) is 78.6 Å². The topological polar surface area (TPSA) is 0 Å². The largest absolute Gasteiger partial charge is 0.120 e. The first kappa shape index (κ1) is 18.6. The zero-order valence-electron chi connectivity index (χ0n) is 12.6. The number of unbranched alkanes of at least 4 members (excludes halogenated alkanes) is 7. The maximum atomic E-state index is 6.45. The van der Waals surface area contributed by atoms with Crippen molar-refractivity contribution < 1.29 is 0 Å². The van der Waals surface area contributed by atoms with Crippen LogP contribution < -0.4 is 0 Å². The maximum Gasteiger partial charge on any atom is 0.120 e. The first-order valence-electron chi connectivity index (χ1n) is 7.92. The van der Waals surface area contributed by atoms with Crippen LogP contribution in [-0.2, 0) is 0 Å². The van der Waals surface area contributed by atoms with E-state index in [1.54, 1.807) is 0 Å². The summed E-state index contributed by atoms with van der Waals surface area (Å²) >= 11 is 12.9. The van der Waals surface area contributed by atoms with Crippen LogP contribution >= 0.6 is 23.2 Å². The predicted molar refractivity (Wildman–Crippen MR) is 85.7 cm³/mol. The lowest BCUT2D eigenvalue weighted by atomic mass is 9.95. The molecule has 0 saturated carbocycles. The number of halogens is 2. The van der Waals surface area contributed by atoms with Gasteiger partial charge in [-0.05, 0) is 18.8 Å². The van der Waals surface area contributed by atoms with Gasteiger partial charge in [-0.2, -0.15) is 0 Å². The monoisotopic (exact) mass is 294 g/mol. The van der Waals surface area contributed by atoms with E-state index in [0.717, 1.165) is 12.8 Å². The van der Waals surface area contributed by atoms with Crippen molar-refractivity contribution in [2.45, 2.75) is 95.7 Å². The molecule has 0 aromatic carbocycles. The molecule has 0 bridgehead atoms. The molecule has 0 rings (SSSR count). The molecule has 0 aromatic rings. The average molecular weight is 295 g/mol. The molecule has 1 atom stereocenters. The molecule has 0 amide bonds. The predicted octanol–water partition coefficient (Wildman–Crippen LogP) is 7.13. The smallest absolute Gasteiger partial charge is 0.101 e. The third-order valence-electron chi connectivity index (χ3n) is 3.83. The molecule has 0 aliphatic carbocycles. The Balaban J connectivity index is 3.61. The molecule has 0 aliphatic heterocycles. The summed E-state index contributed by atoms with van der Waals surface area (Å²) in [5.74, 6) is 0.420. The number of alkyl halides is 2. The molecule has 0 radical (unpaired) electrons. The molecule has 0 fully saturated rings. The van der Waals surface area contributed by atoms with Gasteiger partial charge in [-0.3, -0.25) is 0 Å². The van der Waals surface area contributed by atoms with Crippen LogP contribution in [0.5, 0.6) is 0 Å². The molecule has 0 spiro atoms. The van der Waals surface area contributed by atoms with E-state index in [9.17, 15) is 0 Å². The number of hydrogen-bond acceptors (Lipinski definition) is 0. The van der Waals surface area contributed by atoms with Crippen molar-refractivity contribution in [3.63, 3.8) is 0 Å². The summed E-state index contributed by atoms with van der Waals surface area (Å²) in [7, 11) is 0. The Bertz CT molecular complexity index is 178. The summed E-state index contributed by atoms with van der Waals surface area (Å²) in [5, 5.41) is 0. The van der Waals surface area contributed by atoms with Gasteiger partial charge in [-0.25, -0.2) is 0 Å². The van der Waals surface area contributed by atoms with Crippen LogP contribution in [0.4, 0.5) is 0 Å². The van der Waals surface area contributed by atoms with E-state index >= 15 is 0 Å². The molecule has 0 aromatic heterocycles. The van der Waals surface area contributed by atoms with Crippen LogP contribution in [0.3, 0.4) is 0 Å². The summed E-state index contributed by atoms with van der Waals surface area (Å²) in [6, 6.07) is 0. The molecule has 0 saturated heterocycles. The van der Waals surface area contributed by atoms with Gasteiger partial charge in [0, 0.05) is 0 Å². The fraction of sp³-hybridized carbons (Fsp3) is 1.00. The van der Waals surface area contributed by atoms with Gasteiger partial charge in [0.15, 0.2) is 0 Å². The molecule has 0 heterocycles. The van der Waals surface area contributed by atoms with Crippen molar-refractivity contribution in [3.05, 3.63) is 0 Å². The summed E-state index contributed by atoms with van der Waals surface area (Å²) in [4.78, 5) is 0. The third-order valence-corrected chi connectivity index (χ3v) is 4.95. The Morgan fingerprint density at radius 1 is 0.778 bits per heavy atom. The van der Waals surface area contributed by atoms with Crippen molar-refractivity contribution in [2.24, 2.45) is 5.92 Å². The van der Waals surface area contributed by atoms with Crippen LogP contribution in [0.15, 0.2) is 0 Å². The van der Waals surface area contributed by atoms with Gasteiger partial charge < -0.3 is 0 Å². The van der Waals surface area contributed by atoms with Crippen LogP contribution in [0.1, 0.15) is 91.4 Å². The van der Waals surface area contributed by atoms with E-state index in [-0.39, 0.29) is 0 Å². The zero-order valence-corrected chi connectivity index (χ0v) is 14.1. The molecule has 18 heavy (non-hydrogen) atoms. The maximum absolute atomic E-state index is 6.45. The summed E-state index contributed by atoms with van der Waals surface area (Å²) < 4.78 is -0.501.